The van der Waals surface area contributed by atoms with Crippen molar-refractivity contribution < 1.29 is 13.2 Å². The van der Waals surface area contributed by atoms with Crippen LogP contribution in [0.3, 0.4) is 0 Å². The van der Waals surface area contributed by atoms with Gasteiger partial charge in [-0.2, -0.15) is 13.2 Å². The quantitative estimate of drug-likeness (QED) is 0.675. The minimum absolute atomic E-state index is 0.0871. The maximum absolute atomic E-state index is 12.0. The normalized spacial score (nSPS) is 13.4. The monoisotopic (exact) mass is 254 g/mol. The fourth-order valence-corrected chi connectivity index (χ4v) is 1.52. The zero-order chi connectivity index (χ0) is 13.5. The van der Waals surface area contributed by atoms with Crippen LogP contribution in [0.25, 0.3) is 0 Å². The van der Waals surface area contributed by atoms with Crippen LogP contribution in [0.15, 0.2) is 0 Å². The van der Waals surface area contributed by atoms with Crippen LogP contribution in [0.1, 0.15) is 39.5 Å². The number of hydrogen-bond acceptors (Lipinski definition) is 2. The molecule has 2 N–H and O–H groups in total. The molecular weight excluding hydrogens is 229 g/mol. The predicted molar refractivity (Wildman–Crippen MR) is 64.9 cm³/mol. The van der Waals surface area contributed by atoms with E-state index < -0.39 is 12.6 Å². The van der Waals surface area contributed by atoms with E-state index >= 15 is 0 Å². The summed E-state index contributed by atoms with van der Waals surface area (Å²) in [6.45, 7) is 5.68. The van der Waals surface area contributed by atoms with Crippen LogP contribution in [0, 0.1) is 5.41 Å². The first kappa shape index (κ1) is 16.7. The third-order valence-corrected chi connectivity index (χ3v) is 2.97. The van der Waals surface area contributed by atoms with Crippen LogP contribution < -0.4 is 5.73 Å². The number of alkyl halides is 3. The van der Waals surface area contributed by atoms with E-state index in [1.807, 2.05) is 0 Å². The summed E-state index contributed by atoms with van der Waals surface area (Å²) in [5.74, 6) is 0. The summed E-state index contributed by atoms with van der Waals surface area (Å²) in [6, 6.07) is 0. The number of halogens is 3. The van der Waals surface area contributed by atoms with Gasteiger partial charge in [0.2, 0.25) is 0 Å². The van der Waals surface area contributed by atoms with Crippen LogP contribution in [-0.2, 0) is 0 Å². The first-order valence-corrected chi connectivity index (χ1v) is 6.12. The second-order valence-corrected chi connectivity index (χ2v) is 5.49. The molecule has 0 rings (SSSR count). The molecule has 0 saturated carbocycles. The lowest BCUT2D eigenvalue weighted by atomic mass is 9.87. The van der Waals surface area contributed by atoms with Gasteiger partial charge in [0.15, 0.2) is 0 Å². The largest absolute Gasteiger partial charge is 0.390 e. The Bertz CT molecular complexity index is 202. The molecule has 5 heteroatoms. The molecule has 0 radical (unpaired) electrons. The van der Waals surface area contributed by atoms with E-state index in [4.69, 9.17) is 5.73 Å². The third kappa shape index (κ3) is 10.6. The summed E-state index contributed by atoms with van der Waals surface area (Å²) >= 11 is 0. The minimum atomic E-state index is -4.05. The molecule has 104 valence electrons. The molecule has 0 aromatic heterocycles. The van der Waals surface area contributed by atoms with Crippen LogP contribution >= 0.6 is 0 Å². The molecule has 17 heavy (non-hydrogen) atoms. The number of rotatable bonds is 8. The average Bonchev–Trinajstić information content (AvgIpc) is 2.20. The number of nitrogens with two attached hydrogens (primary N) is 1. The molecule has 0 aliphatic heterocycles. The van der Waals surface area contributed by atoms with Gasteiger partial charge in [0.25, 0.3) is 0 Å². The van der Waals surface area contributed by atoms with Gasteiger partial charge in [-0.15, -0.1) is 0 Å². The van der Waals surface area contributed by atoms with Gasteiger partial charge in [0.1, 0.15) is 0 Å². The van der Waals surface area contributed by atoms with Crippen LogP contribution in [0.2, 0.25) is 0 Å². The van der Waals surface area contributed by atoms with Crippen LogP contribution in [-0.4, -0.2) is 37.8 Å². The van der Waals surface area contributed by atoms with Gasteiger partial charge in [0.05, 0.1) is 6.42 Å². The van der Waals surface area contributed by atoms with Crippen molar-refractivity contribution >= 4 is 0 Å². The standard InChI is InChI=1S/C12H25F3N2/c1-11(2,10-16)6-4-5-8-17(3)9-7-12(13,14)15/h4-10,16H2,1-3H3. The van der Waals surface area contributed by atoms with E-state index in [0.29, 0.717) is 6.54 Å². The molecule has 0 amide bonds. The van der Waals surface area contributed by atoms with Gasteiger partial charge in [-0.1, -0.05) is 20.3 Å². The lowest BCUT2D eigenvalue weighted by Gasteiger charge is -2.23. The summed E-state index contributed by atoms with van der Waals surface area (Å²) in [6.07, 6.45) is -1.80. The molecule has 0 atom stereocenters. The average molecular weight is 254 g/mol. The van der Waals surface area contributed by atoms with Crippen molar-refractivity contribution in [3.63, 3.8) is 0 Å². The molecule has 0 aromatic carbocycles. The van der Waals surface area contributed by atoms with Gasteiger partial charge in [-0.05, 0) is 38.4 Å². The fourth-order valence-electron chi connectivity index (χ4n) is 1.52. The summed E-state index contributed by atoms with van der Waals surface area (Å²) in [4.78, 5) is 1.74. The summed E-state index contributed by atoms with van der Waals surface area (Å²) in [5, 5.41) is 0. The number of unbranched alkanes of at least 4 members (excludes halogenated alkanes) is 1. The van der Waals surface area contributed by atoms with Gasteiger partial charge < -0.3 is 10.6 Å². The SMILES string of the molecule is CN(CCCCC(C)(C)CN)CCC(F)(F)F. The number of nitrogens with zero attached hydrogens (tertiary/aromatic N) is 1. The maximum atomic E-state index is 12.0. The molecule has 0 unspecified atom stereocenters. The molecule has 0 aliphatic rings. The van der Waals surface area contributed by atoms with E-state index in [1.165, 1.54) is 0 Å². The van der Waals surface area contributed by atoms with Crippen molar-refractivity contribution in [2.45, 2.75) is 45.7 Å². The van der Waals surface area contributed by atoms with Gasteiger partial charge >= 0.3 is 6.18 Å². The highest BCUT2D eigenvalue weighted by Crippen LogP contribution is 2.22. The zero-order valence-corrected chi connectivity index (χ0v) is 11.1. The van der Waals surface area contributed by atoms with Crippen LogP contribution in [0.5, 0.6) is 0 Å². The lowest BCUT2D eigenvalue weighted by Crippen LogP contribution is -2.26. The molecule has 0 spiro atoms. The van der Waals surface area contributed by atoms with Crippen molar-refractivity contribution in [3.8, 4) is 0 Å². The van der Waals surface area contributed by atoms with Crippen molar-refractivity contribution in [3.05, 3.63) is 0 Å². The Morgan fingerprint density at radius 2 is 1.59 bits per heavy atom. The molecular formula is C12H25F3N2. The Kier molecular flexibility index (Phi) is 7.09. The molecule has 0 bridgehead atoms. The minimum Gasteiger partial charge on any atom is -0.330 e. The van der Waals surface area contributed by atoms with E-state index in [2.05, 4.69) is 13.8 Å². The molecule has 0 aliphatic carbocycles. The second-order valence-electron chi connectivity index (χ2n) is 5.49. The molecule has 0 fully saturated rings. The zero-order valence-electron chi connectivity index (χ0n) is 11.1. The van der Waals surface area contributed by atoms with E-state index in [-0.39, 0.29) is 12.0 Å². The Labute approximate surface area is 102 Å². The van der Waals surface area contributed by atoms with Crippen molar-refractivity contribution in [2.24, 2.45) is 11.1 Å². The highest BCUT2D eigenvalue weighted by atomic mass is 19.4. The lowest BCUT2D eigenvalue weighted by molar-refractivity contribution is -0.137. The summed E-state index contributed by atoms with van der Waals surface area (Å²) < 4.78 is 35.9. The first-order chi connectivity index (χ1) is 7.66. The summed E-state index contributed by atoms with van der Waals surface area (Å²) in [7, 11) is 1.74. The topological polar surface area (TPSA) is 29.3 Å². The van der Waals surface area contributed by atoms with E-state index in [9.17, 15) is 13.2 Å². The van der Waals surface area contributed by atoms with Crippen molar-refractivity contribution in [1.29, 1.82) is 0 Å². The molecule has 0 saturated heterocycles. The smallest absolute Gasteiger partial charge is 0.330 e. The Hall–Kier alpha value is -0.290. The Balaban J connectivity index is 3.55. The van der Waals surface area contributed by atoms with E-state index in [1.54, 1.807) is 11.9 Å². The third-order valence-electron chi connectivity index (χ3n) is 2.97. The van der Waals surface area contributed by atoms with E-state index in [0.717, 1.165) is 25.8 Å². The van der Waals surface area contributed by atoms with Crippen LogP contribution in [0.4, 0.5) is 13.2 Å². The fraction of sp³-hybridized carbons (Fsp3) is 1.00. The predicted octanol–water partition coefficient (Wildman–Crippen LogP) is 3.03. The first-order valence-electron chi connectivity index (χ1n) is 6.12. The van der Waals surface area contributed by atoms with Crippen molar-refractivity contribution in [1.82, 2.24) is 4.90 Å². The Morgan fingerprint density at radius 3 is 2.06 bits per heavy atom. The number of hydrogen-bond donors (Lipinski definition) is 1. The van der Waals surface area contributed by atoms with Gasteiger partial charge in [-0.3, -0.25) is 0 Å². The molecule has 0 aromatic rings. The Morgan fingerprint density at radius 1 is 1.00 bits per heavy atom. The van der Waals surface area contributed by atoms with Gasteiger partial charge in [-0.25, -0.2) is 0 Å². The summed E-state index contributed by atoms with van der Waals surface area (Å²) in [5.41, 5.74) is 5.75. The van der Waals surface area contributed by atoms with Gasteiger partial charge in [0, 0.05) is 6.54 Å². The second kappa shape index (κ2) is 7.21. The molecule has 0 heterocycles. The van der Waals surface area contributed by atoms with Crippen molar-refractivity contribution in [2.75, 3.05) is 26.7 Å². The highest BCUT2D eigenvalue weighted by Gasteiger charge is 2.26. The molecule has 2 nitrogen and oxygen atoms in total. The maximum Gasteiger partial charge on any atom is 0.390 e. The highest BCUT2D eigenvalue weighted by molar-refractivity contribution is 4.69.